The molecule has 2 aromatic carbocycles. The molecule has 0 amide bonds. The van der Waals surface area contributed by atoms with Crippen molar-refractivity contribution in [1.29, 1.82) is 0 Å². The topological polar surface area (TPSA) is 133 Å². The van der Waals surface area contributed by atoms with Crippen LogP contribution in [0.25, 0.3) is 10.9 Å². The lowest BCUT2D eigenvalue weighted by atomic mass is 9.84. The Morgan fingerprint density at radius 1 is 1.22 bits per heavy atom. The molecule has 2 heterocycles. The third-order valence-corrected chi connectivity index (χ3v) is 5.88. The van der Waals surface area contributed by atoms with Crippen molar-refractivity contribution in [3.8, 4) is 5.75 Å². The van der Waals surface area contributed by atoms with Gasteiger partial charge in [-0.2, -0.15) is 0 Å². The molecule has 3 aromatic rings. The predicted molar refractivity (Wildman–Crippen MR) is 113 cm³/mol. The van der Waals surface area contributed by atoms with Crippen molar-refractivity contribution in [2.45, 2.75) is 31.0 Å². The Labute approximate surface area is 182 Å². The van der Waals surface area contributed by atoms with E-state index < -0.39 is 34.9 Å². The number of rotatable bonds is 6. The smallest absolute Gasteiger partial charge is 0.352 e. The van der Waals surface area contributed by atoms with Gasteiger partial charge in [-0.05, 0) is 25.1 Å². The zero-order chi connectivity index (χ0) is 23.2. The molecule has 1 aliphatic heterocycles. The number of nitro benzene ring substituents is 1. The fourth-order valence-corrected chi connectivity index (χ4v) is 4.43. The van der Waals surface area contributed by atoms with Gasteiger partial charge in [0.15, 0.2) is 11.9 Å². The van der Waals surface area contributed by atoms with Gasteiger partial charge in [0, 0.05) is 42.8 Å². The summed E-state index contributed by atoms with van der Waals surface area (Å²) in [6.07, 6.45) is -2.41. The van der Waals surface area contributed by atoms with Crippen LogP contribution < -0.4 is 4.74 Å². The summed E-state index contributed by atoms with van der Waals surface area (Å²) in [7, 11) is 2.78. The monoisotopic (exact) mass is 442 g/mol. The number of aromatic nitrogens is 1. The summed E-state index contributed by atoms with van der Waals surface area (Å²) in [6.45, 7) is 1.58. The maximum absolute atomic E-state index is 12.1. The van der Waals surface area contributed by atoms with Gasteiger partial charge in [-0.3, -0.25) is 10.1 Å². The van der Waals surface area contributed by atoms with E-state index >= 15 is 0 Å². The molecule has 168 valence electrons. The molecular weight excluding hydrogens is 420 g/mol. The number of ether oxygens (including phenoxy) is 3. The Hall–Kier alpha value is -3.47. The van der Waals surface area contributed by atoms with Gasteiger partial charge in [0.2, 0.25) is 0 Å². The lowest BCUT2D eigenvalue weighted by Gasteiger charge is -2.47. The molecule has 4 rings (SSSR count). The number of nitrogens with zero attached hydrogens (tertiary/aromatic N) is 2. The van der Waals surface area contributed by atoms with E-state index in [4.69, 9.17) is 14.2 Å². The van der Waals surface area contributed by atoms with E-state index in [0.717, 1.165) is 0 Å². The average molecular weight is 442 g/mol. The van der Waals surface area contributed by atoms with Gasteiger partial charge in [-0.1, -0.05) is 18.2 Å². The van der Waals surface area contributed by atoms with Crippen LogP contribution in [0.2, 0.25) is 0 Å². The standard InChI is InChI=1S/C22H22N2O8/c1-22(21(30-2)31-3)19(25)18(14-11-13(24(28)29)8-9-17(14)32-22)23-15-7-5-4-6-12(15)10-16(23)20(26)27/h4-11,18-19,21,25H,1-3H3,(H,26,27)/t18-,19-,22+/m1/s1. The zero-order valence-electron chi connectivity index (χ0n) is 17.6. The summed E-state index contributed by atoms with van der Waals surface area (Å²) < 4.78 is 18.3. The summed E-state index contributed by atoms with van der Waals surface area (Å²) >= 11 is 0. The second-order valence-electron chi connectivity index (χ2n) is 7.72. The maximum atomic E-state index is 12.1. The lowest BCUT2D eigenvalue weighted by molar-refractivity contribution is -0.385. The zero-order valence-corrected chi connectivity index (χ0v) is 17.6. The highest BCUT2D eigenvalue weighted by Gasteiger charge is 2.53. The predicted octanol–water partition coefficient (Wildman–Crippen LogP) is 2.97. The van der Waals surface area contributed by atoms with Crippen LogP contribution in [0, 0.1) is 10.1 Å². The molecule has 0 fully saturated rings. The molecule has 0 unspecified atom stereocenters. The first-order chi connectivity index (χ1) is 15.2. The van der Waals surface area contributed by atoms with Crippen molar-refractivity contribution >= 4 is 22.6 Å². The highest BCUT2D eigenvalue weighted by Crippen LogP contribution is 2.47. The minimum atomic E-state index is -1.46. The van der Waals surface area contributed by atoms with Crippen LogP contribution in [0.1, 0.15) is 29.0 Å². The number of carboxylic acids is 1. The number of aliphatic hydroxyl groups is 1. The normalized spacial score (nSPS) is 22.5. The Kier molecular flexibility index (Phi) is 5.37. The SMILES string of the molecule is COC(OC)[C@@]1(C)Oc2ccc([N+](=O)[O-])cc2[C@@H](n2c(C(=O)O)cc3ccccc32)[C@H]1O. The van der Waals surface area contributed by atoms with Crippen molar-refractivity contribution in [2.24, 2.45) is 0 Å². The van der Waals surface area contributed by atoms with Crippen molar-refractivity contribution in [3.63, 3.8) is 0 Å². The van der Waals surface area contributed by atoms with Crippen LogP contribution in [-0.4, -0.2) is 57.9 Å². The van der Waals surface area contributed by atoms with Crippen molar-refractivity contribution < 1.29 is 34.1 Å². The van der Waals surface area contributed by atoms with E-state index in [1.165, 1.54) is 43.1 Å². The first-order valence-corrected chi connectivity index (χ1v) is 9.77. The molecule has 10 nitrogen and oxygen atoms in total. The lowest BCUT2D eigenvalue weighted by Crippen LogP contribution is -2.60. The van der Waals surface area contributed by atoms with Gasteiger partial charge in [-0.15, -0.1) is 0 Å². The molecule has 1 aromatic heterocycles. The number of non-ortho nitro benzene ring substituents is 1. The fraction of sp³-hybridized carbons (Fsp3) is 0.318. The van der Waals surface area contributed by atoms with Crippen LogP contribution in [0.3, 0.4) is 0 Å². The number of hydrogen-bond donors (Lipinski definition) is 2. The number of aliphatic hydroxyl groups excluding tert-OH is 1. The van der Waals surface area contributed by atoms with Gasteiger partial charge in [0.05, 0.1) is 11.0 Å². The molecule has 1 aliphatic rings. The summed E-state index contributed by atoms with van der Waals surface area (Å²) in [5, 5.41) is 33.6. The second-order valence-corrected chi connectivity index (χ2v) is 7.72. The summed E-state index contributed by atoms with van der Waals surface area (Å²) in [6, 6.07) is 11.5. The quantitative estimate of drug-likeness (QED) is 0.338. The van der Waals surface area contributed by atoms with Gasteiger partial charge < -0.3 is 29.0 Å². The molecule has 10 heteroatoms. The third kappa shape index (κ3) is 3.20. The number of fused-ring (bicyclic) bond motifs is 2. The fourth-order valence-electron chi connectivity index (χ4n) is 4.43. The first-order valence-electron chi connectivity index (χ1n) is 9.77. The number of nitro groups is 1. The molecule has 0 spiro atoms. The number of carboxylic acid groups (broad SMARTS) is 1. The second kappa shape index (κ2) is 7.90. The first kappa shape index (κ1) is 21.8. The molecule has 0 aliphatic carbocycles. The van der Waals surface area contributed by atoms with E-state index in [9.17, 15) is 25.1 Å². The van der Waals surface area contributed by atoms with Crippen LogP contribution in [-0.2, 0) is 9.47 Å². The minimum absolute atomic E-state index is 0.0802. The number of benzene rings is 2. The molecule has 3 atom stereocenters. The van der Waals surface area contributed by atoms with Crippen molar-refractivity contribution in [3.05, 3.63) is 69.9 Å². The largest absolute Gasteiger partial charge is 0.479 e. The number of aromatic carboxylic acids is 1. The van der Waals surface area contributed by atoms with Crippen LogP contribution >= 0.6 is 0 Å². The van der Waals surface area contributed by atoms with Crippen molar-refractivity contribution in [2.75, 3.05) is 14.2 Å². The summed E-state index contributed by atoms with van der Waals surface area (Å²) in [4.78, 5) is 23.0. The number of para-hydroxylation sites is 1. The average Bonchev–Trinajstić information content (AvgIpc) is 3.15. The highest BCUT2D eigenvalue weighted by molar-refractivity contribution is 5.95. The van der Waals surface area contributed by atoms with E-state index in [2.05, 4.69) is 0 Å². The molecule has 0 saturated carbocycles. The third-order valence-electron chi connectivity index (χ3n) is 5.88. The van der Waals surface area contributed by atoms with Crippen molar-refractivity contribution in [1.82, 2.24) is 4.57 Å². The summed E-state index contributed by atoms with van der Waals surface area (Å²) in [5.74, 6) is -0.953. The van der Waals surface area contributed by atoms with E-state index in [0.29, 0.717) is 10.9 Å². The van der Waals surface area contributed by atoms with Gasteiger partial charge in [0.25, 0.3) is 5.69 Å². The van der Waals surface area contributed by atoms with Gasteiger partial charge in [0.1, 0.15) is 17.5 Å². The molecule has 32 heavy (non-hydrogen) atoms. The Balaban J connectivity index is 2.05. The molecular formula is C22H22N2O8. The van der Waals surface area contributed by atoms with Crippen LogP contribution in [0.4, 0.5) is 5.69 Å². The van der Waals surface area contributed by atoms with Crippen LogP contribution in [0.15, 0.2) is 48.5 Å². The van der Waals surface area contributed by atoms with E-state index in [1.807, 2.05) is 0 Å². The molecule has 0 radical (unpaired) electrons. The van der Waals surface area contributed by atoms with Gasteiger partial charge in [-0.25, -0.2) is 4.79 Å². The molecule has 0 saturated heterocycles. The summed E-state index contributed by atoms with van der Waals surface area (Å²) in [5.41, 5.74) is -0.931. The van der Waals surface area contributed by atoms with E-state index in [-0.39, 0.29) is 22.7 Å². The Morgan fingerprint density at radius 2 is 1.91 bits per heavy atom. The Morgan fingerprint density at radius 3 is 2.53 bits per heavy atom. The maximum Gasteiger partial charge on any atom is 0.352 e. The molecule has 0 bridgehead atoms. The number of carbonyl (C=O) groups is 1. The minimum Gasteiger partial charge on any atom is -0.479 e. The van der Waals surface area contributed by atoms with E-state index in [1.54, 1.807) is 31.2 Å². The molecule has 2 N–H and O–H groups in total. The number of hydrogen-bond acceptors (Lipinski definition) is 7. The van der Waals surface area contributed by atoms with Gasteiger partial charge >= 0.3 is 5.97 Å². The Bertz CT molecular complexity index is 1200. The number of methoxy groups -OCH3 is 2. The highest BCUT2D eigenvalue weighted by atomic mass is 16.7. The van der Waals surface area contributed by atoms with Crippen LogP contribution in [0.5, 0.6) is 5.75 Å².